The number of rotatable bonds is 4. The van der Waals surface area contributed by atoms with Crippen molar-refractivity contribution < 1.29 is 14.6 Å². The van der Waals surface area contributed by atoms with Crippen LogP contribution in [0.2, 0.25) is 0 Å². The molecule has 146 valence electrons. The van der Waals surface area contributed by atoms with Gasteiger partial charge in [0.1, 0.15) is 0 Å². The van der Waals surface area contributed by atoms with Gasteiger partial charge in [0.2, 0.25) is 0 Å². The van der Waals surface area contributed by atoms with E-state index in [1.54, 1.807) is 11.9 Å². The van der Waals surface area contributed by atoms with Gasteiger partial charge in [0.15, 0.2) is 0 Å². The van der Waals surface area contributed by atoms with Gasteiger partial charge in [-0.25, -0.2) is 9.10 Å². The van der Waals surface area contributed by atoms with Gasteiger partial charge in [-0.15, -0.1) is 0 Å². The molecule has 1 amide bonds. The second kappa shape index (κ2) is 12.9. The van der Waals surface area contributed by atoms with E-state index >= 15 is 0 Å². The Hall–Kier alpha value is -1.40. The molecule has 0 radical (unpaired) electrons. The van der Waals surface area contributed by atoms with E-state index in [9.17, 15) is 4.79 Å². The summed E-state index contributed by atoms with van der Waals surface area (Å²) in [7, 11) is 0. The highest BCUT2D eigenvalue weighted by molar-refractivity contribution is 8.01. The predicted molar refractivity (Wildman–Crippen MR) is 108 cm³/mol. The Morgan fingerprint density at radius 1 is 1.19 bits per heavy atom. The van der Waals surface area contributed by atoms with Crippen molar-refractivity contribution in [1.29, 1.82) is 0 Å². The third-order valence-corrected chi connectivity index (χ3v) is 5.50. The van der Waals surface area contributed by atoms with Crippen LogP contribution in [-0.4, -0.2) is 41.7 Å². The fraction of sp³-hybridized carbons (Fsp3) is 0.650. The summed E-state index contributed by atoms with van der Waals surface area (Å²) >= 11 is 1.78. The lowest BCUT2D eigenvalue weighted by atomic mass is 10.1. The average molecular weight is 381 g/mol. The molecule has 0 fully saturated rings. The molecule has 5 nitrogen and oxygen atoms in total. The molecule has 0 saturated carbocycles. The van der Waals surface area contributed by atoms with Crippen molar-refractivity contribution in [2.75, 3.05) is 26.2 Å². The maximum atomic E-state index is 10.6. The van der Waals surface area contributed by atoms with Gasteiger partial charge in [-0.05, 0) is 69.4 Å². The van der Waals surface area contributed by atoms with Crippen molar-refractivity contribution in [3.63, 3.8) is 0 Å². The van der Waals surface area contributed by atoms with Crippen molar-refractivity contribution in [2.24, 2.45) is 0 Å². The molecular weight excluding hydrogens is 348 g/mol. The predicted octanol–water partition coefficient (Wildman–Crippen LogP) is 5.08. The molecule has 6 heteroatoms. The van der Waals surface area contributed by atoms with E-state index < -0.39 is 6.09 Å². The van der Waals surface area contributed by atoms with Gasteiger partial charge in [0, 0.05) is 31.0 Å². The molecule has 0 unspecified atom stereocenters. The Kier molecular flexibility index (Phi) is 10.4. The summed E-state index contributed by atoms with van der Waals surface area (Å²) in [5, 5.41) is 11.2. The molecule has 0 aromatic heterocycles. The fourth-order valence-corrected chi connectivity index (χ4v) is 4.10. The van der Waals surface area contributed by atoms with Crippen LogP contribution in [0.1, 0.15) is 57.8 Å². The topological polar surface area (TPSA) is 61.8 Å². The second-order valence-corrected chi connectivity index (χ2v) is 7.84. The van der Waals surface area contributed by atoms with E-state index in [0.717, 1.165) is 70.4 Å². The lowest BCUT2D eigenvalue weighted by Gasteiger charge is -2.23. The maximum absolute atomic E-state index is 10.6. The zero-order valence-electron chi connectivity index (χ0n) is 15.6. The minimum absolute atomic E-state index is 0.498. The van der Waals surface area contributed by atoms with Gasteiger partial charge in [0.05, 0.1) is 12.4 Å². The number of nitrogens with zero attached hydrogens (tertiary/aromatic N) is 1. The first-order valence-corrected chi connectivity index (χ1v) is 10.6. The van der Waals surface area contributed by atoms with Gasteiger partial charge in [-0.1, -0.05) is 18.2 Å². The van der Waals surface area contributed by atoms with E-state index in [1.165, 1.54) is 17.7 Å². The molecule has 2 N–H and O–H groups in total. The summed E-state index contributed by atoms with van der Waals surface area (Å²) in [6, 6.07) is 0. The fourth-order valence-electron chi connectivity index (χ4n) is 2.98. The lowest BCUT2D eigenvalue weighted by molar-refractivity contribution is 0.194. The van der Waals surface area contributed by atoms with Crippen molar-refractivity contribution in [3.05, 3.63) is 35.0 Å². The average Bonchev–Trinajstić information content (AvgIpc) is 2.62. The van der Waals surface area contributed by atoms with E-state index in [1.807, 2.05) is 0 Å². The summed E-state index contributed by atoms with van der Waals surface area (Å²) in [6.07, 6.45) is 17.9. The standard InChI is InChI=1S/C20H32N2O3S/c23-20(24)21-13-10-15-22-14-7-5-3-1-2-4-6-8-16-25-18-11-9-12-19(17-18)26-22/h1-2,12,17,21H,3-11,13-16H2,(H,23,24)/b2-1-. The van der Waals surface area contributed by atoms with Crippen LogP contribution in [0.5, 0.6) is 0 Å². The highest BCUT2D eigenvalue weighted by Crippen LogP contribution is 2.30. The number of allylic oxidation sites excluding steroid dienone is 5. The van der Waals surface area contributed by atoms with Crippen molar-refractivity contribution in [2.45, 2.75) is 57.8 Å². The van der Waals surface area contributed by atoms with Crippen LogP contribution < -0.4 is 5.32 Å². The Morgan fingerprint density at radius 3 is 2.81 bits per heavy atom. The summed E-state index contributed by atoms with van der Waals surface area (Å²) in [5.41, 5.74) is 0. The van der Waals surface area contributed by atoms with E-state index in [4.69, 9.17) is 9.84 Å². The summed E-state index contributed by atoms with van der Waals surface area (Å²) < 4.78 is 8.33. The first-order valence-electron chi connectivity index (χ1n) is 9.82. The van der Waals surface area contributed by atoms with Crippen molar-refractivity contribution in [3.8, 4) is 0 Å². The molecule has 1 aliphatic heterocycles. The van der Waals surface area contributed by atoms with E-state index in [-0.39, 0.29) is 0 Å². The number of hydrogen-bond donors (Lipinski definition) is 2. The molecule has 1 aliphatic carbocycles. The van der Waals surface area contributed by atoms with Crippen LogP contribution in [0, 0.1) is 0 Å². The Balaban J connectivity index is 1.90. The maximum Gasteiger partial charge on any atom is 0.404 e. The number of carbonyl (C=O) groups is 1. The third kappa shape index (κ3) is 9.34. The van der Waals surface area contributed by atoms with Crippen LogP contribution >= 0.6 is 11.9 Å². The van der Waals surface area contributed by atoms with Gasteiger partial charge >= 0.3 is 6.09 Å². The number of hydrogen-bond acceptors (Lipinski definition) is 4. The smallest absolute Gasteiger partial charge is 0.404 e. The second-order valence-electron chi connectivity index (χ2n) is 6.67. The summed E-state index contributed by atoms with van der Waals surface area (Å²) in [6.45, 7) is 3.20. The van der Waals surface area contributed by atoms with Crippen LogP contribution in [0.3, 0.4) is 0 Å². The van der Waals surface area contributed by atoms with E-state index in [2.05, 4.69) is 33.9 Å². The quantitative estimate of drug-likeness (QED) is 0.404. The number of ether oxygens (including phenoxy) is 1. The SMILES string of the molecule is O=C(O)NCCCN1CCCC/C=C\CCCCOC2=CC(=CCC2)S1. The lowest BCUT2D eigenvalue weighted by Crippen LogP contribution is -2.26. The number of amides is 1. The van der Waals surface area contributed by atoms with Crippen molar-refractivity contribution >= 4 is 18.0 Å². The monoisotopic (exact) mass is 380 g/mol. The largest absolute Gasteiger partial charge is 0.498 e. The van der Waals surface area contributed by atoms with Gasteiger partial charge in [-0.2, -0.15) is 0 Å². The van der Waals surface area contributed by atoms with Crippen LogP contribution in [0.15, 0.2) is 35.0 Å². The molecule has 0 saturated heterocycles. The first kappa shape index (κ1) is 20.9. The van der Waals surface area contributed by atoms with Gasteiger partial charge in [-0.3, -0.25) is 0 Å². The summed E-state index contributed by atoms with van der Waals surface area (Å²) in [5.74, 6) is 1.10. The minimum Gasteiger partial charge on any atom is -0.498 e. The number of nitrogens with one attached hydrogen (secondary N) is 1. The molecule has 0 aromatic carbocycles. The molecular formula is C20H32N2O3S. The Labute approximate surface area is 161 Å². The van der Waals surface area contributed by atoms with Crippen LogP contribution in [0.4, 0.5) is 4.79 Å². The molecule has 0 spiro atoms. The first-order chi connectivity index (χ1) is 12.7. The van der Waals surface area contributed by atoms with Crippen LogP contribution in [-0.2, 0) is 4.74 Å². The van der Waals surface area contributed by atoms with Gasteiger partial charge < -0.3 is 15.2 Å². The normalized spacial score (nSPS) is 21.8. The van der Waals surface area contributed by atoms with Crippen LogP contribution in [0.25, 0.3) is 0 Å². The molecule has 2 rings (SSSR count). The van der Waals surface area contributed by atoms with Gasteiger partial charge in [0.25, 0.3) is 0 Å². The van der Waals surface area contributed by atoms with Crippen molar-refractivity contribution in [1.82, 2.24) is 9.62 Å². The minimum atomic E-state index is -0.947. The molecule has 0 atom stereocenters. The molecule has 2 bridgehead atoms. The zero-order chi connectivity index (χ0) is 18.5. The summed E-state index contributed by atoms with van der Waals surface area (Å²) in [4.78, 5) is 11.8. The van der Waals surface area contributed by atoms with E-state index in [0.29, 0.717) is 6.54 Å². The molecule has 26 heavy (non-hydrogen) atoms. The highest BCUT2D eigenvalue weighted by atomic mass is 32.2. The molecule has 0 aromatic rings. The third-order valence-electron chi connectivity index (χ3n) is 4.38. The molecule has 1 heterocycles. The number of fused-ring (bicyclic) bond motifs is 1. The Bertz CT molecular complexity index is 517. The zero-order valence-corrected chi connectivity index (χ0v) is 16.4. The number of carboxylic acid groups (broad SMARTS) is 1. The molecule has 2 aliphatic rings. The highest BCUT2D eigenvalue weighted by Gasteiger charge is 2.12. The Morgan fingerprint density at radius 2 is 2.00 bits per heavy atom.